The summed E-state index contributed by atoms with van der Waals surface area (Å²) in [4.78, 5) is 11.0. The van der Waals surface area contributed by atoms with Crippen molar-refractivity contribution in [1.82, 2.24) is 4.31 Å². The lowest BCUT2D eigenvalue weighted by Gasteiger charge is -2.34. The van der Waals surface area contributed by atoms with Crippen molar-refractivity contribution >= 4 is 43.5 Å². The molecule has 1 saturated heterocycles. The Kier molecular flexibility index (Phi) is 5.29. The number of hydrogen-bond donors (Lipinski definition) is 1. The molecule has 1 unspecified atom stereocenters. The fourth-order valence-corrected chi connectivity index (χ4v) is 5.21. The molecule has 1 N–H and O–H groups in total. The summed E-state index contributed by atoms with van der Waals surface area (Å²) in [6, 6.07) is 4.05. The fourth-order valence-electron chi connectivity index (χ4n) is 2.51. The van der Waals surface area contributed by atoms with Gasteiger partial charge >= 0.3 is 5.97 Å². The van der Waals surface area contributed by atoms with Crippen LogP contribution in [0.25, 0.3) is 0 Å². The maximum atomic E-state index is 12.7. The van der Waals surface area contributed by atoms with Gasteiger partial charge in [-0.1, -0.05) is 34.0 Å². The van der Waals surface area contributed by atoms with Gasteiger partial charge in [-0.25, -0.2) is 8.42 Å². The van der Waals surface area contributed by atoms with Crippen molar-refractivity contribution in [2.45, 2.75) is 36.6 Å². The van der Waals surface area contributed by atoms with Crippen LogP contribution >= 0.6 is 27.5 Å². The minimum atomic E-state index is -3.79. The van der Waals surface area contributed by atoms with Gasteiger partial charge in [0.05, 0.1) is 11.4 Å². The number of rotatable bonds is 4. The molecule has 1 aromatic carbocycles. The van der Waals surface area contributed by atoms with E-state index in [-0.39, 0.29) is 16.3 Å². The van der Waals surface area contributed by atoms with Crippen LogP contribution in [0.1, 0.15) is 25.7 Å². The first kappa shape index (κ1) is 16.7. The van der Waals surface area contributed by atoms with E-state index in [4.69, 9.17) is 16.7 Å². The molecular formula is C13H15BrClNO4S. The van der Waals surface area contributed by atoms with Crippen LogP contribution in [-0.4, -0.2) is 36.4 Å². The lowest BCUT2D eigenvalue weighted by Crippen LogP contribution is -2.44. The van der Waals surface area contributed by atoms with Crippen LogP contribution in [0.5, 0.6) is 0 Å². The molecule has 5 nitrogen and oxygen atoms in total. The summed E-state index contributed by atoms with van der Waals surface area (Å²) in [6.45, 7) is 0.326. The highest BCUT2D eigenvalue weighted by atomic mass is 79.9. The summed E-state index contributed by atoms with van der Waals surface area (Å²) < 4.78 is 27.5. The first-order chi connectivity index (χ1) is 9.82. The lowest BCUT2D eigenvalue weighted by molar-refractivity contribution is -0.138. The number of carboxylic acid groups (broad SMARTS) is 1. The summed E-state index contributed by atoms with van der Waals surface area (Å²) in [5.41, 5.74) is 0. The molecule has 0 aliphatic carbocycles. The quantitative estimate of drug-likeness (QED) is 0.848. The van der Waals surface area contributed by atoms with Gasteiger partial charge in [0.25, 0.3) is 0 Å². The molecule has 0 saturated carbocycles. The third kappa shape index (κ3) is 3.77. The van der Waals surface area contributed by atoms with E-state index >= 15 is 0 Å². The standard InChI is InChI=1S/C13H15BrClNO4S/c14-9-4-5-12(11(15)7-9)21(19,20)16-6-2-1-3-10(16)8-13(17)18/h4-5,7,10H,1-3,6,8H2,(H,17,18). The number of benzene rings is 1. The topological polar surface area (TPSA) is 74.7 Å². The molecule has 1 aromatic rings. The largest absolute Gasteiger partial charge is 0.481 e. The van der Waals surface area contributed by atoms with Crippen LogP contribution < -0.4 is 0 Å². The highest BCUT2D eigenvalue weighted by Gasteiger charge is 2.35. The van der Waals surface area contributed by atoms with Crippen molar-refractivity contribution < 1.29 is 18.3 Å². The SMILES string of the molecule is O=C(O)CC1CCCCN1S(=O)(=O)c1ccc(Br)cc1Cl. The van der Waals surface area contributed by atoms with Crippen molar-refractivity contribution in [3.8, 4) is 0 Å². The molecular weight excluding hydrogens is 382 g/mol. The Labute approximate surface area is 137 Å². The minimum absolute atomic E-state index is 0.0182. The van der Waals surface area contributed by atoms with Crippen molar-refractivity contribution in [3.63, 3.8) is 0 Å². The zero-order valence-corrected chi connectivity index (χ0v) is 14.3. The van der Waals surface area contributed by atoms with E-state index in [2.05, 4.69) is 15.9 Å². The van der Waals surface area contributed by atoms with Gasteiger partial charge in [0.2, 0.25) is 10.0 Å². The highest BCUT2D eigenvalue weighted by molar-refractivity contribution is 9.10. The number of nitrogens with zero attached hydrogens (tertiary/aromatic N) is 1. The number of aliphatic carboxylic acids is 1. The third-order valence-electron chi connectivity index (χ3n) is 3.46. The van der Waals surface area contributed by atoms with Crippen molar-refractivity contribution in [2.75, 3.05) is 6.54 Å². The molecule has 21 heavy (non-hydrogen) atoms. The molecule has 0 amide bonds. The van der Waals surface area contributed by atoms with Gasteiger partial charge in [-0.2, -0.15) is 4.31 Å². The molecule has 0 aromatic heterocycles. The van der Waals surface area contributed by atoms with Crippen LogP contribution in [0.3, 0.4) is 0 Å². The average molecular weight is 397 g/mol. The Balaban J connectivity index is 2.38. The van der Waals surface area contributed by atoms with Gasteiger partial charge in [-0.15, -0.1) is 0 Å². The van der Waals surface area contributed by atoms with Crippen LogP contribution in [0.4, 0.5) is 0 Å². The maximum absolute atomic E-state index is 12.7. The van der Waals surface area contributed by atoms with E-state index < -0.39 is 22.0 Å². The first-order valence-corrected chi connectivity index (χ1v) is 9.12. The number of hydrogen-bond acceptors (Lipinski definition) is 3. The Morgan fingerprint density at radius 2 is 2.14 bits per heavy atom. The highest BCUT2D eigenvalue weighted by Crippen LogP contribution is 2.32. The Hall–Kier alpha value is -0.630. The van der Waals surface area contributed by atoms with E-state index in [1.807, 2.05) is 0 Å². The number of carboxylic acids is 1. The molecule has 0 bridgehead atoms. The second-order valence-electron chi connectivity index (χ2n) is 4.94. The van der Waals surface area contributed by atoms with E-state index in [0.29, 0.717) is 17.4 Å². The first-order valence-electron chi connectivity index (χ1n) is 6.51. The molecule has 1 aliphatic heterocycles. The molecule has 8 heteroatoms. The Morgan fingerprint density at radius 3 is 2.76 bits per heavy atom. The van der Waals surface area contributed by atoms with Crippen LogP contribution in [-0.2, 0) is 14.8 Å². The van der Waals surface area contributed by atoms with E-state index in [1.54, 1.807) is 6.07 Å². The molecule has 1 heterocycles. The van der Waals surface area contributed by atoms with Crippen LogP contribution in [0.2, 0.25) is 5.02 Å². The molecule has 1 fully saturated rings. The summed E-state index contributed by atoms with van der Waals surface area (Å²) in [7, 11) is -3.79. The predicted molar refractivity (Wildman–Crippen MR) is 82.9 cm³/mol. The molecule has 0 radical (unpaired) electrons. The smallest absolute Gasteiger partial charge is 0.304 e. The molecule has 2 rings (SSSR count). The molecule has 1 aliphatic rings. The average Bonchev–Trinajstić information content (AvgIpc) is 2.37. The normalized spacial score (nSPS) is 20.4. The van der Waals surface area contributed by atoms with Gasteiger partial charge < -0.3 is 5.11 Å². The summed E-state index contributed by atoms with van der Waals surface area (Å²) in [5.74, 6) is -0.996. The van der Waals surface area contributed by atoms with Crippen LogP contribution in [0.15, 0.2) is 27.6 Å². The predicted octanol–water partition coefficient (Wildman–Crippen LogP) is 3.12. The fraction of sp³-hybridized carbons (Fsp3) is 0.462. The summed E-state index contributed by atoms with van der Waals surface area (Å²) in [5, 5.41) is 9.09. The summed E-state index contributed by atoms with van der Waals surface area (Å²) in [6.07, 6.45) is 1.93. The summed E-state index contributed by atoms with van der Waals surface area (Å²) >= 11 is 9.27. The van der Waals surface area contributed by atoms with Crippen molar-refractivity contribution in [2.24, 2.45) is 0 Å². The van der Waals surface area contributed by atoms with Gasteiger partial charge in [-0.3, -0.25) is 4.79 Å². The van der Waals surface area contributed by atoms with E-state index in [1.165, 1.54) is 16.4 Å². The second kappa shape index (κ2) is 6.64. The van der Waals surface area contributed by atoms with Gasteiger partial charge in [-0.05, 0) is 31.0 Å². The second-order valence-corrected chi connectivity index (χ2v) is 8.12. The number of halogens is 2. The molecule has 116 valence electrons. The zero-order valence-electron chi connectivity index (χ0n) is 11.1. The number of piperidine rings is 1. The van der Waals surface area contributed by atoms with Gasteiger partial charge in [0, 0.05) is 17.1 Å². The number of sulfonamides is 1. The zero-order chi connectivity index (χ0) is 15.6. The lowest BCUT2D eigenvalue weighted by atomic mass is 10.0. The molecule has 1 atom stereocenters. The van der Waals surface area contributed by atoms with Gasteiger partial charge in [0.15, 0.2) is 0 Å². The van der Waals surface area contributed by atoms with Crippen molar-refractivity contribution in [3.05, 3.63) is 27.7 Å². The van der Waals surface area contributed by atoms with E-state index in [0.717, 1.165) is 12.8 Å². The number of carbonyl (C=O) groups is 1. The third-order valence-corrected chi connectivity index (χ3v) is 6.39. The van der Waals surface area contributed by atoms with E-state index in [9.17, 15) is 13.2 Å². The van der Waals surface area contributed by atoms with Crippen LogP contribution in [0, 0.1) is 0 Å². The maximum Gasteiger partial charge on any atom is 0.304 e. The molecule has 0 spiro atoms. The Morgan fingerprint density at radius 1 is 1.43 bits per heavy atom. The Bertz CT molecular complexity index is 650. The van der Waals surface area contributed by atoms with Crippen molar-refractivity contribution in [1.29, 1.82) is 0 Å². The monoisotopic (exact) mass is 395 g/mol. The minimum Gasteiger partial charge on any atom is -0.481 e. The van der Waals surface area contributed by atoms with Gasteiger partial charge in [0.1, 0.15) is 4.90 Å².